The van der Waals surface area contributed by atoms with Crippen molar-refractivity contribution < 1.29 is 0 Å². The fourth-order valence-corrected chi connectivity index (χ4v) is 2.51. The van der Waals surface area contributed by atoms with E-state index in [9.17, 15) is 0 Å². The molecule has 0 saturated carbocycles. The molecule has 0 atom stereocenters. The third-order valence-electron chi connectivity index (χ3n) is 2.74. The molecule has 0 spiro atoms. The van der Waals surface area contributed by atoms with Crippen molar-refractivity contribution in [2.24, 2.45) is 0 Å². The predicted molar refractivity (Wildman–Crippen MR) is 77.6 cm³/mol. The van der Waals surface area contributed by atoms with Gasteiger partial charge in [0.2, 0.25) is 0 Å². The Morgan fingerprint density at radius 1 is 1.22 bits per heavy atom. The maximum atomic E-state index is 4.44. The molecule has 5 heteroatoms. The number of hydrogen-bond donors (Lipinski definition) is 2. The molecule has 0 aromatic carbocycles. The molecule has 0 fully saturated rings. The summed E-state index contributed by atoms with van der Waals surface area (Å²) >= 11 is 1.79. The summed E-state index contributed by atoms with van der Waals surface area (Å²) in [4.78, 5) is 10.2. The van der Waals surface area contributed by atoms with Crippen LogP contribution in [0.25, 0.3) is 0 Å². The molecule has 0 radical (unpaired) electrons. The predicted octanol–water partition coefficient (Wildman–Crippen LogP) is 2.85. The molecule has 0 aliphatic rings. The lowest BCUT2D eigenvalue weighted by Gasteiger charge is -2.12. The van der Waals surface area contributed by atoms with E-state index in [1.54, 1.807) is 11.3 Å². The van der Waals surface area contributed by atoms with E-state index in [1.165, 1.54) is 4.88 Å². The van der Waals surface area contributed by atoms with Crippen molar-refractivity contribution in [3.05, 3.63) is 33.8 Å². The van der Waals surface area contributed by atoms with Gasteiger partial charge in [-0.25, -0.2) is 9.97 Å². The van der Waals surface area contributed by atoms with Gasteiger partial charge in [0.25, 0.3) is 0 Å². The SMILES string of the molecule is CNc1nc(C)nc(NCCc2cccs2)c1C. The van der Waals surface area contributed by atoms with Crippen LogP contribution < -0.4 is 10.6 Å². The lowest BCUT2D eigenvalue weighted by molar-refractivity contribution is 0.981. The molecule has 2 aromatic rings. The molecule has 0 saturated heterocycles. The smallest absolute Gasteiger partial charge is 0.134 e. The van der Waals surface area contributed by atoms with Crippen LogP contribution in [0.2, 0.25) is 0 Å². The Morgan fingerprint density at radius 3 is 2.67 bits per heavy atom. The minimum atomic E-state index is 0.781. The van der Waals surface area contributed by atoms with Crippen LogP contribution in [-0.2, 0) is 6.42 Å². The Balaban J connectivity index is 2.02. The van der Waals surface area contributed by atoms with E-state index < -0.39 is 0 Å². The quantitative estimate of drug-likeness (QED) is 0.870. The number of nitrogens with zero attached hydrogens (tertiary/aromatic N) is 2. The number of hydrogen-bond acceptors (Lipinski definition) is 5. The van der Waals surface area contributed by atoms with Crippen LogP contribution in [0.4, 0.5) is 11.6 Å². The highest BCUT2D eigenvalue weighted by molar-refractivity contribution is 7.09. The van der Waals surface area contributed by atoms with E-state index in [4.69, 9.17) is 0 Å². The molecule has 96 valence electrons. The highest BCUT2D eigenvalue weighted by Crippen LogP contribution is 2.19. The van der Waals surface area contributed by atoms with Gasteiger partial charge in [0.15, 0.2) is 0 Å². The zero-order valence-electron chi connectivity index (χ0n) is 10.9. The molecule has 0 aliphatic heterocycles. The Labute approximate surface area is 111 Å². The molecule has 0 unspecified atom stereocenters. The molecule has 4 nitrogen and oxygen atoms in total. The summed E-state index contributed by atoms with van der Waals surface area (Å²) < 4.78 is 0. The fourth-order valence-electron chi connectivity index (χ4n) is 1.80. The van der Waals surface area contributed by atoms with Crippen molar-refractivity contribution in [3.63, 3.8) is 0 Å². The summed E-state index contributed by atoms with van der Waals surface area (Å²) in [6.07, 6.45) is 1.02. The summed E-state index contributed by atoms with van der Waals surface area (Å²) in [6, 6.07) is 4.24. The highest BCUT2D eigenvalue weighted by Gasteiger charge is 2.07. The average Bonchev–Trinajstić information content (AvgIpc) is 2.86. The van der Waals surface area contributed by atoms with Crippen LogP contribution in [0.5, 0.6) is 0 Å². The van der Waals surface area contributed by atoms with Crippen molar-refractivity contribution in [3.8, 4) is 0 Å². The lowest BCUT2D eigenvalue weighted by Crippen LogP contribution is -2.10. The third-order valence-corrected chi connectivity index (χ3v) is 3.67. The Morgan fingerprint density at radius 2 is 2.00 bits per heavy atom. The molecule has 0 amide bonds. The van der Waals surface area contributed by atoms with Crippen molar-refractivity contribution in [2.75, 3.05) is 24.2 Å². The van der Waals surface area contributed by atoms with Gasteiger partial charge in [-0.2, -0.15) is 0 Å². The van der Waals surface area contributed by atoms with Crippen molar-refractivity contribution >= 4 is 23.0 Å². The zero-order valence-corrected chi connectivity index (χ0v) is 11.8. The van der Waals surface area contributed by atoms with Gasteiger partial charge in [0.1, 0.15) is 17.5 Å². The summed E-state index contributed by atoms with van der Waals surface area (Å²) in [5, 5.41) is 8.58. The summed E-state index contributed by atoms with van der Waals surface area (Å²) in [5.41, 5.74) is 1.06. The van der Waals surface area contributed by atoms with Gasteiger partial charge in [0, 0.05) is 24.0 Å². The van der Waals surface area contributed by atoms with E-state index in [-0.39, 0.29) is 0 Å². The monoisotopic (exact) mass is 262 g/mol. The molecular formula is C13H18N4S. The van der Waals surface area contributed by atoms with Crippen LogP contribution in [0.1, 0.15) is 16.3 Å². The lowest BCUT2D eigenvalue weighted by atomic mass is 10.3. The van der Waals surface area contributed by atoms with E-state index >= 15 is 0 Å². The van der Waals surface area contributed by atoms with E-state index in [0.717, 1.165) is 36.0 Å². The Kier molecular flexibility index (Phi) is 4.15. The molecule has 2 rings (SSSR count). The standard InChI is InChI=1S/C13H18N4S/c1-9-12(14-3)16-10(2)17-13(9)15-7-6-11-5-4-8-18-11/h4-5,8H,6-7H2,1-3H3,(H2,14,15,16,17). The topological polar surface area (TPSA) is 49.8 Å². The van der Waals surface area contributed by atoms with Crippen LogP contribution in [0.3, 0.4) is 0 Å². The van der Waals surface area contributed by atoms with Crippen LogP contribution in [0.15, 0.2) is 17.5 Å². The second kappa shape index (κ2) is 5.82. The van der Waals surface area contributed by atoms with Crippen LogP contribution >= 0.6 is 11.3 Å². The van der Waals surface area contributed by atoms with Crippen LogP contribution in [-0.4, -0.2) is 23.6 Å². The Hall–Kier alpha value is -1.62. The van der Waals surface area contributed by atoms with Gasteiger partial charge in [-0.05, 0) is 31.7 Å². The van der Waals surface area contributed by atoms with Gasteiger partial charge >= 0.3 is 0 Å². The fraction of sp³-hybridized carbons (Fsp3) is 0.385. The number of aryl methyl sites for hydroxylation is 1. The molecule has 0 aliphatic carbocycles. The van der Waals surface area contributed by atoms with Crippen molar-refractivity contribution in [1.82, 2.24) is 9.97 Å². The first-order chi connectivity index (χ1) is 8.70. The molecular weight excluding hydrogens is 244 g/mol. The summed E-state index contributed by atoms with van der Waals surface area (Å²) in [6.45, 7) is 4.82. The number of anilines is 2. The largest absolute Gasteiger partial charge is 0.373 e. The van der Waals surface area contributed by atoms with Gasteiger partial charge in [-0.15, -0.1) is 11.3 Å². The third kappa shape index (κ3) is 2.98. The van der Waals surface area contributed by atoms with Crippen molar-refractivity contribution in [2.45, 2.75) is 20.3 Å². The first kappa shape index (κ1) is 12.8. The van der Waals surface area contributed by atoms with Gasteiger partial charge in [0.05, 0.1) is 0 Å². The number of rotatable bonds is 5. The second-order valence-electron chi connectivity index (χ2n) is 4.10. The molecule has 2 heterocycles. The summed E-state index contributed by atoms with van der Waals surface area (Å²) in [5.74, 6) is 2.59. The molecule has 0 bridgehead atoms. The number of nitrogens with one attached hydrogen (secondary N) is 2. The maximum absolute atomic E-state index is 4.44. The van der Waals surface area contributed by atoms with Gasteiger partial charge in [-0.1, -0.05) is 6.07 Å². The van der Waals surface area contributed by atoms with E-state index in [2.05, 4.69) is 38.1 Å². The maximum Gasteiger partial charge on any atom is 0.134 e. The first-order valence-electron chi connectivity index (χ1n) is 6.00. The number of aromatic nitrogens is 2. The highest BCUT2D eigenvalue weighted by atomic mass is 32.1. The van der Waals surface area contributed by atoms with E-state index in [1.807, 2.05) is 20.9 Å². The summed E-state index contributed by atoms with van der Waals surface area (Å²) in [7, 11) is 1.88. The molecule has 2 aromatic heterocycles. The normalized spacial score (nSPS) is 10.4. The average molecular weight is 262 g/mol. The minimum absolute atomic E-state index is 0.781. The minimum Gasteiger partial charge on any atom is -0.373 e. The molecule has 2 N–H and O–H groups in total. The van der Waals surface area contributed by atoms with Crippen molar-refractivity contribution in [1.29, 1.82) is 0 Å². The van der Waals surface area contributed by atoms with Gasteiger partial charge < -0.3 is 10.6 Å². The van der Waals surface area contributed by atoms with Gasteiger partial charge in [-0.3, -0.25) is 0 Å². The Bertz CT molecular complexity index is 508. The second-order valence-corrected chi connectivity index (χ2v) is 5.13. The zero-order chi connectivity index (χ0) is 13.0. The number of thiophene rings is 1. The first-order valence-corrected chi connectivity index (χ1v) is 6.88. The van der Waals surface area contributed by atoms with Crippen LogP contribution in [0, 0.1) is 13.8 Å². The molecule has 18 heavy (non-hydrogen) atoms. The van der Waals surface area contributed by atoms with E-state index in [0.29, 0.717) is 0 Å².